The van der Waals surface area contributed by atoms with Crippen LogP contribution in [0.25, 0.3) is 0 Å². The van der Waals surface area contributed by atoms with Gasteiger partial charge in [0.1, 0.15) is 0 Å². The standard InChI is InChI=1S/C10H5F3O/c1-2-3-8(14)6-4-5-7(11)10(13)9(6)12/h1,4-5H,3H2. The molecule has 1 nitrogen and oxygen atoms in total. The average molecular weight is 198 g/mol. The number of Topliss-reactive ketones (excluding diaryl/α,β-unsaturated/α-hetero) is 1. The van der Waals surface area contributed by atoms with Crippen LogP contribution in [0.15, 0.2) is 12.1 Å². The van der Waals surface area contributed by atoms with Crippen molar-refractivity contribution in [3.63, 3.8) is 0 Å². The molecule has 0 unspecified atom stereocenters. The fourth-order valence-electron chi connectivity index (χ4n) is 0.929. The van der Waals surface area contributed by atoms with Crippen molar-refractivity contribution in [2.45, 2.75) is 6.42 Å². The number of carbonyl (C=O) groups is 1. The Hall–Kier alpha value is -1.76. The molecule has 14 heavy (non-hydrogen) atoms. The lowest BCUT2D eigenvalue weighted by molar-refractivity contribution is 0.0993. The lowest BCUT2D eigenvalue weighted by Gasteiger charge is -2.00. The molecule has 0 atom stereocenters. The smallest absolute Gasteiger partial charge is 0.195 e. The third-order valence-corrected chi connectivity index (χ3v) is 1.60. The molecule has 1 aromatic rings. The van der Waals surface area contributed by atoms with Crippen LogP contribution in [0.5, 0.6) is 0 Å². The number of benzene rings is 1. The molecular formula is C10H5F3O. The van der Waals surface area contributed by atoms with Gasteiger partial charge in [-0.25, -0.2) is 13.2 Å². The summed E-state index contributed by atoms with van der Waals surface area (Å²) >= 11 is 0. The van der Waals surface area contributed by atoms with E-state index in [0.717, 1.165) is 6.07 Å². The predicted octanol–water partition coefficient (Wildman–Crippen LogP) is 2.31. The van der Waals surface area contributed by atoms with Crippen LogP contribution in [0.3, 0.4) is 0 Å². The molecule has 0 aromatic heterocycles. The predicted molar refractivity (Wildman–Crippen MR) is 44.1 cm³/mol. The molecule has 0 aliphatic carbocycles. The van der Waals surface area contributed by atoms with E-state index in [1.165, 1.54) is 0 Å². The van der Waals surface area contributed by atoms with Gasteiger partial charge in [-0.2, -0.15) is 0 Å². The summed E-state index contributed by atoms with van der Waals surface area (Å²) < 4.78 is 38.0. The monoisotopic (exact) mass is 198 g/mol. The summed E-state index contributed by atoms with van der Waals surface area (Å²) in [6.45, 7) is 0. The first-order chi connectivity index (χ1) is 6.57. The van der Waals surface area contributed by atoms with Crippen molar-refractivity contribution in [2.75, 3.05) is 0 Å². The molecule has 0 N–H and O–H groups in total. The second-order valence-electron chi connectivity index (χ2n) is 2.53. The van der Waals surface area contributed by atoms with Gasteiger partial charge in [-0.3, -0.25) is 4.79 Å². The molecule has 0 radical (unpaired) electrons. The van der Waals surface area contributed by atoms with Crippen molar-refractivity contribution in [1.29, 1.82) is 0 Å². The van der Waals surface area contributed by atoms with Gasteiger partial charge in [-0.05, 0) is 12.1 Å². The Morgan fingerprint density at radius 3 is 2.50 bits per heavy atom. The Balaban J connectivity index is 3.19. The van der Waals surface area contributed by atoms with E-state index in [4.69, 9.17) is 6.42 Å². The molecule has 0 saturated carbocycles. The van der Waals surface area contributed by atoms with Gasteiger partial charge in [0.25, 0.3) is 0 Å². The van der Waals surface area contributed by atoms with Crippen LogP contribution in [0.2, 0.25) is 0 Å². The highest BCUT2D eigenvalue weighted by Crippen LogP contribution is 2.16. The lowest BCUT2D eigenvalue weighted by atomic mass is 10.1. The van der Waals surface area contributed by atoms with Crippen LogP contribution in [-0.4, -0.2) is 5.78 Å². The van der Waals surface area contributed by atoms with E-state index < -0.39 is 28.8 Å². The molecule has 1 rings (SSSR count). The van der Waals surface area contributed by atoms with E-state index in [0.29, 0.717) is 6.07 Å². The third-order valence-electron chi connectivity index (χ3n) is 1.60. The van der Waals surface area contributed by atoms with Crippen LogP contribution in [-0.2, 0) is 0 Å². The normalized spacial score (nSPS) is 9.57. The van der Waals surface area contributed by atoms with Gasteiger partial charge in [-0.15, -0.1) is 6.42 Å². The molecule has 0 spiro atoms. The molecular weight excluding hydrogens is 193 g/mol. The molecule has 1 aromatic carbocycles. The Bertz CT molecular complexity index is 418. The van der Waals surface area contributed by atoms with Gasteiger partial charge in [0, 0.05) is 0 Å². The molecule has 0 saturated heterocycles. The summed E-state index contributed by atoms with van der Waals surface area (Å²) in [6.07, 6.45) is 4.48. The third kappa shape index (κ3) is 1.77. The van der Waals surface area contributed by atoms with Crippen LogP contribution in [0, 0.1) is 29.8 Å². The first-order valence-electron chi connectivity index (χ1n) is 3.68. The van der Waals surface area contributed by atoms with E-state index in [-0.39, 0.29) is 6.42 Å². The minimum absolute atomic E-state index is 0.345. The molecule has 0 bridgehead atoms. The van der Waals surface area contributed by atoms with Crippen molar-refractivity contribution < 1.29 is 18.0 Å². The van der Waals surface area contributed by atoms with Crippen molar-refractivity contribution in [2.24, 2.45) is 0 Å². The molecule has 0 fully saturated rings. The zero-order valence-corrected chi connectivity index (χ0v) is 6.98. The van der Waals surface area contributed by atoms with E-state index in [2.05, 4.69) is 0 Å². The molecule has 0 aliphatic heterocycles. The Morgan fingerprint density at radius 1 is 1.29 bits per heavy atom. The highest BCUT2D eigenvalue weighted by Gasteiger charge is 2.17. The maximum Gasteiger partial charge on any atom is 0.195 e. The molecule has 0 amide bonds. The van der Waals surface area contributed by atoms with Gasteiger partial charge in [-0.1, -0.05) is 5.92 Å². The van der Waals surface area contributed by atoms with Crippen LogP contribution in [0.4, 0.5) is 13.2 Å². The number of hydrogen-bond acceptors (Lipinski definition) is 1. The first-order valence-corrected chi connectivity index (χ1v) is 3.68. The van der Waals surface area contributed by atoms with Crippen molar-refractivity contribution in [3.05, 3.63) is 35.1 Å². The number of terminal acetylenes is 1. The second kappa shape index (κ2) is 3.97. The first kappa shape index (κ1) is 10.3. The number of rotatable bonds is 2. The van der Waals surface area contributed by atoms with Gasteiger partial charge >= 0.3 is 0 Å². The molecule has 0 heterocycles. The number of ketones is 1. The van der Waals surface area contributed by atoms with Crippen LogP contribution < -0.4 is 0 Å². The number of hydrogen-bond donors (Lipinski definition) is 0. The quantitative estimate of drug-likeness (QED) is 0.405. The maximum absolute atomic E-state index is 12.9. The largest absolute Gasteiger partial charge is 0.293 e. The van der Waals surface area contributed by atoms with E-state index >= 15 is 0 Å². The Labute approximate surface area is 78.5 Å². The van der Waals surface area contributed by atoms with Gasteiger partial charge in [0.2, 0.25) is 0 Å². The van der Waals surface area contributed by atoms with Crippen molar-refractivity contribution in [1.82, 2.24) is 0 Å². The fraction of sp³-hybridized carbons (Fsp3) is 0.100. The summed E-state index contributed by atoms with van der Waals surface area (Å²) in [5.41, 5.74) is -0.526. The van der Waals surface area contributed by atoms with Crippen LogP contribution in [0.1, 0.15) is 16.8 Å². The van der Waals surface area contributed by atoms with E-state index in [9.17, 15) is 18.0 Å². The Kier molecular flexibility index (Phi) is 2.92. The Morgan fingerprint density at radius 2 is 1.93 bits per heavy atom. The van der Waals surface area contributed by atoms with Crippen molar-refractivity contribution in [3.8, 4) is 12.3 Å². The zero-order chi connectivity index (χ0) is 10.7. The minimum atomic E-state index is -1.66. The minimum Gasteiger partial charge on any atom is -0.293 e. The maximum atomic E-state index is 12.9. The summed E-state index contributed by atoms with van der Waals surface area (Å²) in [5.74, 6) is -3.24. The van der Waals surface area contributed by atoms with Gasteiger partial charge < -0.3 is 0 Å². The molecule has 72 valence electrons. The molecule has 4 heteroatoms. The summed E-state index contributed by atoms with van der Waals surface area (Å²) in [7, 11) is 0. The zero-order valence-electron chi connectivity index (χ0n) is 6.98. The summed E-state index contributed by atoms with van der Waals surface area (Å²) in [5, 5.41) is 0. The highest BCUT2D eigenvalue weighted by atomic mass is 19.2. The summed E-state index contributed by atoms with van der Waals surface area (Å²) in [6, 6.07) is 1.55. The second-order valence-corrected chi connectivity index (χ2v) is 2.53. The average Bonchev–Trinajstić information content (AvgIpc) is 2.15. The number of carbonyl (C=O) groups excluding carboxylic acids is 1. The van der Waals surface area contributed by atoms with E-state index in [1.807, 2.05) is 5.92 Å². The van der Waals surface area contributed by atoms with Gasteiger partial charge in [0.15, 0.2) is 23.2 Å². The molecule has 0 aliphatic rings. The van der Waals surface area contributed by atoms with Crippen molar-refractivity contribution >= 4 is 5.78 Å². The lowest BCUT2D eigenvalue weighted by Crippen LogP contribution is -2.04. The highest BCUT2D eigenvalue weighted by molar-refractivity contribution is 5.97. The topological polar surface area (TPSA) is 17.1 Å². The van der Waals surface area contributed by atoms with E-state index in [1.54, 1.807) is 0 Å². The summed E-state index contributed by atoms with van der Waals surface area (Å²) in [4.78, 5) is 11.1. The van der Waals surface area contributed by atoms with Crippen LogP contribution >= 0.6 is 0 Å². The fourth-order valence-corrected chi connectivity index (χ4v) is 0.929. The number of halogens is 3. The SMILES string of the molecule is C#CCC(=O)c1ccc(F)c(F)c1F. The van der Waals surface area contributed by atoms with Gasteiger partial charge in [0.05, 0.1) is 12.0 Å².